The topological polar surface area (TPSA) is 120 Å². The Bertz CT molecular complexity index is 1110. The van der Waals surface area contributed by atoms with Crippen LogP contribution in [-0.4, -0.2) is 47.0 Å². The molecule has 1 atom stereocenters. The lowest BCUT2D eigenvalue weighted by Crippen LogP contribution is -2.14. The van der Waals surface area contributed by atoms with Crippen LogP contribution in [0.2, 0.25) is 0 Å². The average molecular weight is 467 g/mol. The van der Waals surface area contributed by atoms with Gasteiger partial charge in [0.05, 0.1) is 20.6 Å². The third-order valence-corrected chi connectivity index (χ3v) is 5.98. The van der Waals surface area contributed by atoms with E-state index in [1.807, 2.05) is 12.1 Å². The fourth-order valence-electron chi connectivity index (χ4n) is 4.20. The number of aliphatic carboxylic acids is 1. The molecule has 4 rings (SSSR count). The molecule has 0 saturated carbocycles. The highest BCUT2D eigenvalue weighted by Crippen LogP contribution is 2.31. The van der Waals surface area contributed by atoms with Crippen LogP contribution < -0.4 is 14.8 Å². The molecule has 2 aromatic heterocycles. The maximum absolute atomic E-state index is 11.5. The van der Waals surface area contributed by atoms with Gasteiger partial charge in [0.2, 0.25) is 5.89 Å². The van der Waals surface area contributed by atoms with E-state index in [1.54, 1.807) is 20.3 Å². The van der Waals surface area contributed by atoms with Gasteiger partial charge in [-0.3, -0.25) is 4.79 Å². The van der Waals surface area contributed by atoms with Crippen molar-refractivity contribution in [3.63, 3.8) is 0 Å². The minimum absolute atomic E-state index is 0.0773. The third-order valence-electron chi connectivity index (χ3n) is 5.98. The Morgan fingerprint density at radius 3 is 2.68 bits per heavy atom. The second kappa shape index (κ2) is 11.0. The van der Waals surface area contributed by atoms with Gasteiger partial charge in [-0.2, -0.15) is 4.98 Å². The Labute approximate surface area is 198 Å². The number of hydrogen-bond acceptors (Lipinski definition) is 8. The van der Waals surface area contributed by atoms with Gasteiger partial charge in [-0.25, -0.2) is 4.98 Å². The van der Waals surface area contributed by atoms with E-state index in [2.05, 4.69) is 27.6 Å². The molecule has 0 aliphatic carbocycles. The molecule has 0 fully saturated rings. The van der Waals surface area contributed by atoms with Gasteiger partial charge in [-0.1, -0.05) is 11.2 Å². The van der Waals surface area contributed by atoms with Gasteiger partial charge in [0, 0.05) is 37.1 Å². The molecule has 3 heterocycles. The zero-order valence-corrected chi connectivity index (χ0v) is 19.5. The molecule has 1 aliphatic rings. The van der Waals surface area contributed by atoms with E-state index in [-0.39, 0.29) is 12.3 Å². The summed E-state index contributed by atoms with van der Waals surface area (Å²) >= 11 is 0. The summed E-state index contributed by atoms with van der Waals surface area (Å²) < 4.78 is 16.1. The number of pyridine rings is 1. The predicted molar refractivity (Wildman–Crippen MR) is 126 cm³/mol. The van der Waals surface area contributed by atoms with Crippen LogP contribution in [0.1, 0.15) is 53.7 Å². The molecule has 34 heavy (non-hydrogen) atoms. The second-order valence-corrected chi connectivity index (χ2v) is 8.44. The van der Waals surface area contributed by atoms with Crippen LogP contribution in [0.25, 0.3) is 0 Å². The van der Waals surface area contributed by atoms with Crippen LogP contribution in [-0.2, 0) is 30.5 Å². The zero-order valence-electron chi connectivity index (χ0n) is 19.5. The molecule has 0 saturated heterocycles. The Balaban J connectivity index is 1.38. The smallest absolute Gasteiger partial charge is 0.303 e. The number of aryl methyl sites for hydroxylation is 3. The lowest BCUT2D eigenvalue weighted by atomic mass is 9.92. The number of carboxylic acid groups (broad SMARTS) is 1. The fraction of sp³-hybridized carbons (Fsp3) is 0.440. The van der Waals surface area contributed by atoms with Crippen molar-refractivity contribution in [2.24, 2.45) is 0 Å². The van der Waals surface area contributed by atoms with Crippen molar-refractivity contribution in [1.29, 1.82) is 0 Å². The number of nitrogens with one attached hydrogen (secondary N) is 1. The standard InChI is InChI=1S/C25H30N4O5/c1-32-20-11-17(12-21(15-20)33-2)18(14-24(30)31)13-23-28-22(29-34-23)7-3-6-19-9-8-16-5-4-10-26-25(16)27-19/h8-9,11-12,15,18H,3-7,10,13-14H2,1-2H3,(H,26,27)(H,30,31). The van der Waals surface area contributed by atoms with Gasteiger partial charge >= 0.3 is 5.97 Å². The number of hydrogen-bond donors (Lipinski definition) is 2. The minimum Gasteiger partial charge on any atom is -0.497 e. The summed E-state index contributed by atoms with van der Waals surface area (Å²) in [5, 5.41) is 16.9. The number of carbonyl (C=O) groups is 1. The van der Waals surface area contributed by atoms with Gasteiger partial charge in [-0.15, -0.1) is 0 Å². The predicted octanol–water partition coefficient (Wildman–Crippen LogP) is 3.82. The lowest BCUT2D eigenvalue weighted by molar-refractivity contribution is -0.137. The van der Waals surface area contributed by atoms with Crippen molar-refractivity contribution in [3.8, 4) is 11.5 Å². The number of rotatable bonds is 11. The van der Waals surface area contributed by atoms with E-state index in [9.17, 15) is 9.90 Å². The first-order chi connectivity index (χ1) is 16.5. The number of benzene rings is 1. The molecule has 0 amide bonds. The molecule has 180 valence electrons. The van der Waals surface area contributed by atoms with E-state index in [4.69, 9.17) is 19.0 Å². The highest BCUT2D eigenvalue weighted by molar-refractivity contribution is 5.68. The van der Waals surface area contributed by atoms with Crippen molar-refractivity contribution in [1.82, 2.24) is 15.1 Å². The number of anilines is 1. The van der Waals surface area contributed by atoms with Crippen LogP contribution in [0.4, 0.5) is 5.82 Å². The van der Waals surface area contributed by atoms with Gasteiger partial charge in [-0.05, 0) is 55.0 Å². The summed E-state index contributed by atoms with van der Waals surface area (Å²) in [6.07, 6.45) is 4.78. The quantitative estimate of drug-likeness (QED) is 0.434. The average Bonchev–Trinajstić information content (AvgIpc) is 3.30. The number of carboxylic acids is 1. The first kappa shape index (κ1) is 23.5. The number of aromatic nitrogens is 3. The van der Waals surface area contributed by atoms with Crippen molar-refractivity contribution in [2.45, 2.75) is 50.9 Å². The van der Waals surface area contributed by atoms with Crippen molar-refractivity contribution in [2.75, 3.05) is 26.1 Å². The molecule has 0 bridgehead atoms. The number of fused-ring (bicyclic) bond motifs is 1. The van der Waals surface area contributed by atoms with Crippen molar-refractivity contribution in [3.05, 3.63) is 58.9 Å². The van der Waals surface area contributed by atoms with E-state index >= 15 is 0 Å². The second-order valence-electron chi connectivity index (χ2n) is 8.44. The van der Waals surface area contributed by atoms with Crippen molar-refractivity contribution < 1.29 is 23.9 Å². The van der Waals surface area contributed by atoms with Crippen LogP contribution in [0, 0.1) is 0 Å². The minimum atomic E-state index is -0.904. The number of nitrogens with zero attached hydrogens (tertiary/aromatic N) is 3. The SMILES string of the molecule is COc1cc(OC)cc(C(CC(=O)O)Cc2nc(CCCc3ccc4c(n3)NCCC4)no2)c1. The van der Waals surface area contributed by atoms with Crippen LogP contribution in [0.3, 0.4) is 0 Å². The normalized spacial score (nSPS) is 13.6. The van der Waals surface area contributed by atoms with Crippen LogP contribution >= 0.6 is 0 Å². The monoisotopic (exact) mass is 466 g/mol. The zero-order chi connectivity index (χ0) is 23.9. The molecular weight excluding hydrogens is 436 g/mol. The first-order valence-corrected chi connectivity index (χ1v) is 11.5. The summed E-state index contributed by atoms with van der Waals surface area (Å²) in [5.41, 5.74) is 3.11. The largest absolute Gasteiger partial charge is 0.497 e. The fourth-order valence-corrected chi connectivity index (χ4v) is 4.20. The summed E-state index contributed by atoms with van der Waals surface area (Å²) in [4.78, 5) is 20.7. The summed E-state index contributed by atoms with van der Waals surface area (Å²) in [5.74, 6) is 1.97. The molecule has 9 heteroatoms. The van der Waals surface area contributed by atoms with Gasteiger partial charge in [0.15, 0.2) is 5.82 Å². The highest BCUT2D eigenvalue weighted by atomic mass is 16.5. The van der Waals surface area contributed by atoms with Gasteiger partial charge < -0.3 is 24.4 Å². The molecule has 0 radical (unpaired) electrons. The molecule has 1 aromatic carbocycles. The highest BCUT2D eigenvalue weighted by Gasteiger charge is 2.21. The number of ether oxygens (including phenoxy) is 2. The Morgan fingerprint density at radius 2 is 1.94 bits per heavy atom. The molecular formula is C25H30N4O5. The maximum atomic E-state index is 11.5. The summed E-state index contributed by atoms with van der Waals surface area (Å²) in [6, 6.07) is 9.63. The van der Waals surface area contributed by atoms with E-state index < -0.39 is 5.97 Å². The van der Waals surface area contributed by atoms with Gasteiger partial charge in [0.1, 0.15) is 17.3 Å². The first-order valence-electron chi connectivity index (χ1n) is 11.5. The Hall–Kier alpha value is -3.62. The summed E-state index contributed by atoms with van der Waals surface area (Å²) in [6.45, 7) is 0.973. The molecule has 1 aliphatic heterocycles. The van der Waals surface area contributed by atoms with Crippen LogP contribution in [0.15, 0.2) is 34.9 Å². The Morgan fingerprint density at radius 1 is 1.15 bits per heavy atom. The molecule has 9 nitrogen and oxygen atoms in total. The molecule has 1 unspecified atom stereocenters. The van der Waals surface area contributed by atoms with Crippen molar-refractivity contribution >= 4 is 11.8 Å². The molecule has 0 spiro atoms. The maximum Gasteiger partial charge on any atom is 0.303 e. The molecule has 3 aromatic rings. The molecule has 2 N–H and O–H groups in total. The lowest BCUT2D eigenvalue weighted by Gasteiger charge is -2.17. The van der Waals surface area contributed by atoms with E-state index in [0.717, 1.165) is 49.3 Å². The van der Waals surface area contributed by atoms with Crippen LogP contribution in [0.5, 0.6) is 11.5 Å². The Kier molecular flexibility index (Phi) is 7.61. The van der Waals surface area contributed by atoms with E-state index in [1.165, 1.54) is 5.56 Å². The third kappa shape index (κ3) is 6.03. The number of methoxy groups -OCH3 is 2. The summed E-state index contributed by atoms with van der Waals surface area (Å²) in [7, 11) is 3.12. The van der Waals surface area contributed by atoms with E-state index in [0.29, 0.717) is 36.1 Å². The van der Waals surface area contributed by atoms with Gasteiger partial charge in [0.25, 0.3) is 0 Å².